The van der Waals surface area contributed by atoms with Crippen molar-refractivity contribution in [2.24, 2.45) is 0 Å². The van der Waals surface area contributed by atoms with Crippen LogP contribution in [0, 0.1) is 0 Å². The Morgan fingerprint density at radius 1 is 1.13 bits per heavy atom. The van der Waals surface area contributed by atoms with Crippen LogP contribution in [0.15, 0.2) is 59.9 Å². The summed E-state index contributed by atoms with van der Waals surface area (Å²) in [5.74, 6) is 0. The lowest BCUT2D eigenvalue weighted by Gasteiger charge is -2.36. The highest BCUT2D eigenvalue weighted by atomic mass is 32.2. The molecule has 3 aromatic heterocycles. The Kier molecular flexibility index (Phi) is 4.60. The molecule has 160 valence electrons. The minimum atomic E-state index is -3.45. The maximum absolute atomic E-state index is 12.4. The molecule has 4 heterocycles. The van der Waals surface area contributed by atoms with Crippen molar-refractivity contribution in [1.82, 2.24) is 24.1 Å². The predicted molar refractivity (Wildman–Crippen MR) is 120 cm³/mol. The van der Waals surface area contributed by atoms with Gasteiger partial charge in [-0.05, 0) is 36.8 Å². The van der Waals surface area contributed by atoms with E-state index in [1.54, 1.807) is 12.1 Å². The molecular formula is C22H24N6O2S. The molecular weight excluding hydrogens is 412 g/mol. The molecule has 0 fully saturated rings. The molecule has 0 unspecified atom stereocenters. The third kappa shape index (κ3) is 3.21. The van der Waals surface area contributed by atoms with Gasteiger partial charge in [-0.3, -0.25) is 4.68 Å². The largest absolute Gasteiger partial charge is 0.360 e. The Hall–Kier alpha value is -3.17. The predicted octanol–water partition coefficient (Wildman–Crippen LogP) is 3.09. The Morgan fingerprint density at radius 3 is 2.65 bits per heavy atom. The fourth-order valence-electron chi connectivity index (χ4n) is 4.18. The van der Waals surface area contributed by atoms with Gasteiger partial charge in [-0.2, -0.15) is 5.10 Å². The first-order valence-corrected chi connectivity index (χ1v) is 11.6. The summed E-state index contributed by atoms with van der Waals surface area (Å²) >= 11 is 0. The molecule has 31 heavy (non-hydrogen) atoms. The van der Waals surface area contributed by atoms with E-state index in [4.69, 9.17) is 0 Å². The van der Waals surface area contributed by atoms with Gasteiger partial charge in [-0.1, -0.05) is 12.1 Å². The SMILES string of the molecule is C[C@@H]1Cn2ncc(-c3ccc(S(=O)(=O)N(C)C)cc3)c2CN1c1ccnc2[nH]ccc12. The molecule has 1 aromatic carbocycles. The van der Waals surface area contributed by atoms with Crippen LogP contribution in [0.25, 0.3) is 22.2 Å². The Labute approximate surface area is 181 Å². The summed E-state index contributed by atoms with van der Waals surface area (Å²) in [7, 11) is -0.381. The van der Waals surface area contributed by atoms with Gasteiger partial charge in [-0.25, -0.2) is 17.7 Å². The molecule has 0 amide bonds. The third-order valence-corrected chi connectivity index (χ3v) is 7.76. The van der Waals surface area contributed by atoms with E-state index in [1.165, 1.54) is 18.4 Å². The number of pyridine rings is 1. The second-order valence-electron chi connectivity index (χ2n) is 8.05. The number of aromatic nitrogens is 4. The number of benzene rings is 1. The minimum absolute atomic E-state index is 0.272. The minimum Gasteiger partial charge on any atom is -0.360 e. The summed E-state index contributed by atoms with van der Waals surface area (Å²) in [6.07, 6.45) is 5.62. The van der Waals surface area contributed by atoms with Crippen molar-refractivity contribution in [1.29, 1.82) is 0 Å². The lowest BCUT2D eigenvalue weighted by Crippen LogP contribution is -2.41. The van der Waals surface area contributed by atoms with Gasteiger partial charge in [-0.15, -0.1) is 0 Å². The van der Waals surface area contributed by atoms with Crippen LogP contribution in [0.3, 0.4) is 0 Å². The number of H-pyrrole nitrogens is 1. The molecule has 0 saturated heterocycles. The van der Waals surface area contributed by atoms with Gasteiger partial charge in [0.25, 0.3) is 0 Å². The summed E-state index contributed by atoms with van der Waals surface area (Å²) < 4.78 is 28.0. The van der Waals surface area contributed by atoms with E-state index in [0.717, 1.165) is 40.1 Å². The highest BCUT2D eigenvalue weighted by molar-refractivity contribution is 7.89. The molecule has 0 aliphatic carbocycles. The maximum atomic E-state index is 12.4. The molecule has 0 spiro atoms. The molecule has 4 aromatic rings. The standard InChI is InChI=1S/C22H24N6O2S/c1-15-13-28-21(14-27(15)20-9-11-24-22-18(20)8-10-23-22)19(12-25-28)16-4-6-17(7-5-16)31(29,30)26(2)3/h4-12,15H,13-14H2,1-3H3,(H,23,24)/t15-/m1/s1. The Morgan fingerprint density at radius 2 is 1.90 bits per heavy atom. The first-order chi connectivity index (χ1) is 14.9. The molecule has 0 radical (unpaired) electrons. The zero-order chi connectivity index (χ0) is 21.8. The summed E-state index contributed by atoms with van der Waals surface area (Å²) in [6.45, 7) is 3.68. The van der Waals surface area contributed by atoms with E-state index in [-0.39, 0.29) is 10.9 Å². The smallest absolute Gasteiger partial charge is 0.242 e. The van der Waals surface area contributed by atoms with Crippen molar-refractivity contribution in [3.63, 3.8) is 0 Å². The van der Waals surface area contributed by atoms with Crippen molar-refractivity contribution >= 4 is 26.7 Å². The van der Waals surface area contributed by atoms with Crippen LogP contribution in [0.2, 0.25) is 0 Å². The van der Waals surface area contributed by atoms with E-state index in [0.29, 0.717) is 6.54 Å². The van der Waals surface area contributed by atoms with E-state index in [2.05, 4.69) is 43.7 Å². The summed E-state index contributed by atoms with van der Waals surface area (Å²) in [6, 6.07) is 11.4. The molecule has 0 saturated carbocycles. The highest BCUT2D eigenvalue weighted by Crippen LogP contribution is 2.34. The molecule has 1 aliphatic rings. The van der Waals surface area contributed by atoms with E-state index >= 15 is 0 Å². The highest BCUT2D eigenvalue weighted by Gasteiger charge is 2.28. The Bertz CT molecular complexity index is 1350. The zero-order valence-corrected chi connectivity index (χ0v) is 18.5. The first kappa shape index (κ1) is 19.8. The Balaban J connectivity index is 1.52. The molecule has 9 heteroatoms. The normalized spacial score (nSPS) is 16.8. The summed E-state index contributed by atoms with van der Waals surface area (Å²) in [4.78, 5) is 10.3. The van der Waals surface area contributed by atoms with Gasteiger partial charge in [0.05, 0.1) is 29.9 Å². The van der Waals surface area contributed by atoms with Gasteiger partial charge in [0.1, 0.15) is 5.65 Å². The average Bonchev–Trinajstić information content (AvgIpc) is 3.39. The molecule has 8 nitrogen and oxygen atoms in total. The van der Waals surface area contributed by atoms with Gasteiger partial charge in [0.15, 0.2) is 0 Å². The van der Waals surface area contributed by atoms with Crippen molar-refractivity contribution in [2.45, 2.75) is 31.0 Å². The van der Waals surface area contributed by atoms with Crippen LogP contribution in [0.5, 0.6) is 0 Å². The van der Waals surface area contributed by atoms with Crippen LogP contribution in [0.1, 0.15) is 12.6 Å². The van der Waals surface area contributed by atoms with Crippen molar-refractivity contribution in [2.75, 3.05) is 19.0 Å². The lowest BCUT2D eigenvalue weighted by molar-refractivity contribution is 0.440. The number of sulfonamides is 1. The molecule has 1 aliphatic heterocycles. The van der Waals surface area contributed by atoms with Gasteiger partial charge in [0.2, 0.25) is 10.0 Å². The van der Waals surface area contributed by atoms with Crippen molar-refractivity contribution in [3.8, 4) is 11.1 Å². The number of hydrogen-bond acceptors (Lipinski definition) is 5. The van der Waals surface area contributed by atoms with Gasteiger partial charge < -0.3 is 9.88 Å². The fourth-order valence-corrected chi connectivity index (χ4v) is 5.08. The molecule has 1 N–H and O–H groups in total. The quantitative estimate of drug-likeness (QED) is 0.531. The second-order valence-corrected chi connectivity index (χ2v) is 10.2. The number of fused-ring (bicyclic) bond motifs is 2. The van der Waals surface area contributed by atoms with E-state index in [1.807, 2.05) is 30.7 Å². The lowest BCUT2D eigenvalue weighted by atomic mass is 10.0. The van der Waals surface area contributed by atoms with Crippen LogP contribution in [-0.2, 0) is 23.1 Å². The molecule has 0 bridgehead atoms. The monoisotopic (exact) mass is 436 g/mol. The zero-order valence-electron chi connectivity index (χ0n) is 17.6. The average molecular weight is 437 g/mol. The third-order valence-electron chi connectivity index (χ3n) is 5.93. The van der Waals surface area contributed by atoms with E-state index in [9.17, 15) is 8.42 Å². The van der Waals surface area contributed by atoms with Crippen LogP contribution < -0.4 is 4.90 Å². The molecule has 5 rings (SSSR count). The van der Waals surface area contributed by atoms with Crippen LogP contribution in [0.4, 0.5) is 5.69 Å². The fraction of sp³-hybridized carbons (Fsp3) is 0.273. The number of anilines is 1. The number of aromatic amines is 1. The van der Waals surface area contributed by atoms with Crippen LogP contribution >= 0.6 is 0 Å². The van der Waals surface area contributed by atoms with E-state index < -0.39 is 10.0 Å². The second kappa shape index (κ2) is 7.21. The number of hydrogen-bond donors (Lipinski definition) is 1. The number of nitrogens with one attached hydrogen (secondary N) is 1. The van der Waals surface area contributed by atoms with Crippen LogP contribution in [-0.4, -0.2) is 52.6 Å². The summed E-state index contributed by atoms with van der Waals surface area (Å²) in [5, 5.41) is 5.71. The molecule has 1 atom stereocenters. The maximum Gasteiger partial charge on any atom is 0.242 e. The number of nitrogens with zero attached hydrogens (tertiary/aromatic N) is 5. The van der Waals surface area contributed by atoms with Gasteiger partial charge >= 0.3 is 0 Å². The number of rotatable bonds is 4. The van der Waals surface area contributed by atoms with Gasteiger partial charge in [0, 0.05) is 49.2 Å². The topological polar surface area (TPSA) is 87.1 Å². The first-order valence-electron chi connectivity index (χ1n) is 10.1. The summed E-state index contributed by atoms with van der Waals surface area (Å²) in [5.41, 5.74) is 5.10. The van der Waals surface area contributed by atoms with Crippen molar-refractivity contribution < 1.29 is 8.42 Å². The van der Waals surface area contributed by atoms with Crippen molar-refractivity contribution in [3.05, 3.63) is 60.7 Å².